The van der Waals surface area contributed by atoms with Gasteiger partial charge in [0.15, 0.2) is 0 Å². The first-order valence-electron chi connectivity index (χ1n) is 7.10. The highest BCUT2D eigenvalue weighted by Gasteiger charge is 2.24. The number of hydrogen-bond acceptors (Lipinski definition) is 3. The lowest BCUT2D eigenvalue weighted by molar-refractivity contribution is 0.157. The van der Waals surface area contributed by atoms with Gasteiger partial charge in [-0.15, -0.1) is 12.4 Å². The zero-order valence-corrected chi connectivity index (χ0v) is 13.0. The van der Waals surface area contributed by atoms with Crippen molar-refractivity contribution >= 4 is 23.4 Å². The van der Waals surface area contributed by atoms with Crippen LogP contribution in [0.2, 0.25) is 0 Å². The highest BCUT2D eigenvalue weighted by Crippen LogP contribution is 2.27. The van der Waals surface area contributed by atoms with Crippen molar-refractivity contribution in [2.75, 3.05) is 13.1 Å². The van der Waals surface area contributed by atoms with Crippen LogP contribution in [0.3, 0.4) is 0 Å². The summed E-state index contributed by atoms with van der Waals surface area (Å²) in [5, 5.41) is 1.25. The molecule has 2 heterocycles. The van der Waals surface area contributed by atoms with Crippen molar-refractivity contribution in [1.82, 2.24) is 4.90 Å². The molecule has 4 heteroatoms. The molecule has 1 aromatic heterocycles. The van der Waals surface area contributed by atoms with Crippen LogP contribution >= 0.6 is 12.4 Å². The summed E-state index contributed by atoms with van der Waals surface area (Å²) in [5.41, 5.74) is 8.42. The molecule has 20 heavy (non-hydrogen) atoms. The maximum Gasteiger partial charge on any atom is 0.134 e. The van der Waals surface area contributed by atoms with Gasteiger partial charge in [-0.25, -0.2) is 0 Å². The van der Waals surface area contributed by atoms with E-state index in [0.29, 0.717) is 12.0 Å². The van der Waals surface area contributed by atoms with Crippen molar-refractivity contribution in [2.45, 2.75) is 32.9 Å². The predicted molar refractivity (Wildman–Crippen MR) is 85.2 cm³/mol. The zero-order chi connectivity index (χ0) is 13.4. The van der Waals surface area contributed by atoms with E-state index < -0.39 is 0 Å². The fourth-order valence-electron chi connectivity index (χ4n) is 3.03. The number of nitrogens with two attached hydrogens (primary N) is 1. The molecule has 0 bridgehead atoms. The molecule has 0 amide bonds. The Hall–Kier alpha value is -1.03. The Morgan fingerprint density at radius 2 is 2.10 bits per heavy atom. The molecule has 1 aliphatic heterocycles. The summed E-state index contributed by atoms with van der Waals surface area (Å²) in [7, 11) is 0. The van der Waals surface area contributed by atoms with E-state index in [1.54, 1.807) is 0 Å². The molecule has 3 nitrogen and oxygen atoms in total. The molecule has 1 fully saturated rings. The van der Waals surface area contributed by atoms with Crippen LogP contribution < -0.4 is 5.73 Å². The number of aryl methyl sites for hydroxylation is 1. The van der Waals surface area contributed by atoms with Gasteiger partial charge in [-0.3, -0.25) is 4.90 Å². The van der Waals surface area contributed by atoms with E-state index in [0.717, 1.165) is 37.4 Å². The summed E-state index contributed by atoms with van der Waals surface area (Å²) < 4.78 is 5.84. The smallest absolute Gasteiger partial charge is 0.134 e. The first-order valence-corrected chi connectivity index (χ1v) is 7.10. The highest BCUT2D eigenvalue weighted by molar-refractivity contribution is 5.85. The van der Waals surface area contributed by atoms with Crippen LogP contribution in [0, 0.1) is 12.8 Å². The van der Waals surface area contributed by atoms with Gasteiger partial charge in [0.1, 0.15) is 11.3 Å². The van der Waals surface area contributed by atoms with Gasteiger partial charge in [0.05, 0.1) is 0 Å². The molecule has 0 spiro atoms. The van der Waals surface area contributed by atoms with Crippen LogP contribution in [0.15, 0.2) is 28.7 Å². The van der Waals surface area contributed by atoms with Gasteiger partial charge in [-0.2, -0.15) is 0 Å². The summed E-state index contributed by atoms with van der Waals surface area (Å²) in [4.78, 5) is 2.50. The molecule has 0 radical (unpaired) electrons. The molecular formula is C16H23ClN2O. The normalized spacial score (nSPS) is 23.8. The zero-order valence-electron chi connectivity index (χ0n) is 12.1. The van der Waals surface area contributed by atoms with Crippen LogP contribution in [-0.4, -0.2) is 24.0 Å². The number of piperidine rings is 1. The van der Waals surface area contributed by atoms with Crippen LogP contribution in [0.1, 0.15) is 24.7 Å². The molecule has 1 aromatic carbocycles. The van der Waals surface area contributed by atoms with E-state index in [-0.39, 0.29) is 12.4 Å². The van der Waals surface area contributed by atoms with Gasteiger partial charge >= 0.3 is 0 Å². The van der Waals surface area contributed by atoms with Crippen LogP contribution in [0.4, 0.5) is 0 Å². The van der Waals surface area contributed by atoms with Crippen molar-refractivity contribution in [3.05, 3.63) is 35.6 Å². The lowest BCUT2D eigenvalue weighted by Gasteiger charge is -2.35. The molecule has 0 saturated carbocycles. The summed E-state index contributed by atoms with van der Waals surface area (Å²) in [6, 6.07) is 8.66. The van der Waals surface area contributed by atoms with Gasteiger partial charge in [0.2, 0.25) is 0 Å². The lowest BCUT2D eigenvalue weighted by atomic mass is 9.94. The SMILES string of the molecule is Cc1oc2ccccc2c1CN1CCC(N)C(C)C1.Cl. The first kappa shape index (κ1) is 15.4. The molecule has 110 valence electrons. The van der Waals surface area contributed by atoms with E-state index in [9.17, 15) is 0 Å². The Bertz CT molecular complexity index is 581. The van der Waals surface area contributed by atoms with Crippen molar-refractivity contribution in [1.29, 1.82) is 0 Å². The third-order valence-electron chi connectivity index (χ3n) is 4.34. The van der Waals surface area contributed by atoms with Gasteiger partial charge < -0.3 is 10.2 Å². The van der Waals surface area contributed by atoms with Gasteiger partial charge in [0, 0.05) is 30.1 Å². The largest absolute Gasteiger partial charge is 0.461 e. The minimum Gasteiger partial charge on any atom is -0.461 e. The van der Waals surface area contributed by atoms with Crippen molar-refractivity contribution in [3.63, 3.8) is 0 Å². The Morgan fingerprint density at radius 1 is 1.35 bits per heavy atom. The minimum atomic E-state index is 0. The number of furan rings is 1. The van der Waals surface area contributed by atoms with E-state index in [1.165, 1.54) is 10.9 Å². The lowest BCUT2D eigenvalue weighted by Crippen LogP contribution is -2.45. The number of halogens is 1. The topological polar surface area (TPSA) is 42.4 Å². The highest BCUT2D eigenvalue weighted by atomic mass is 35.5. The molecular weight excluding hydrogens is 272 g/mol. The average molecular weight is 295 g/mol. The number of benzene rings is 1. The monoisotopic (exact) mass is 294 g/mol. The van der Waals surface area contributed by atoms with E-state index in [4.69, 9.17) is 10.2 Å². The van der Waals surface area contributed by atoms with Gasteiger partial charge in [-0.1, -0.05) is 25.1 Å². The number of para-hydroxylation sites is 1. The van der Waals surface area contributed by atoms with Crippen LogP contribution in [0.5, 0.6) is 0 Å². The van der Waals surface area contributed by atoms with Crippen molar-refractivity contribution in [3.8, 4) is 0 Å². The van der Waals surface area contributed by atoms with Gasteiger partial charge in [-0.05, 0) is 31.9 Å². The first-order chi connectivity index (χ1) is 9.15. The molecule has 3 rings (SSSR count). The molecule has 0 aliphatic carbocycles. The second-order valence-electron chi connectivity index (χ2n) is 5.80. The standard InChI is InChI=1S/C16H22N2O.ClH/c1-11-9-18(8-7-15(11)17)10-14-12(2)19-16-6-4-3-5-13(14)16;/h3-6,11,15H,7-10,17H2,1-2H3;1H. The number of hydrogen-bond donors (Lipinski definition) is 1. The molecule has 2 unspecified atom stereocenters. The maximum atomic E-state index is 6.09. The Labute approximate surface area is 126 Å². The van der Waals surface area contributed by atoms with Crippen molar-refractivity contribution < 1.29 is 4.42 Å². The Balaban J connectivity index is 0.00000147. The Kier molecular flexibility index (Phi) is 4.74. The Morgan fingerprint density at radius 3 is 2.85 bits per heavy atom. The molecule has 2 atom stereocenters. The molecule has 2 aromatic rings. The quantitative estimate of drug-likeness (QED) is 0.924. The molecule has 1 aliphatic rings. The van der Waals surface area contributed by atoms with Crippen LogP contribution in [-0.2, 0) is 6.54 Å². The summed E-state index contributed by atoms with van der Waals surface area (Å²) in [6.07, 6.45) is 1.09. The summed E-state index contributed by atoms with van der Waals surface area (Å²) >= 11 is 0. The second kappa shape index (κ2) is 6.17. The predicted octanol–water partition coefficient (Wildman–Crippen LogP) is 3.33. The fraction of sp³-hybridized carbons (Fsp3) is 0.500. The average Bonchev–Trinajstić information content (AvgIpc) is 2.71. The molecule has 2 N–H and O–H groups in total. The van der Waals surface area contributed by atoms with E-state index in [1.807, 2.05) is 12.1 Å². The second-order valence-corrected chi connectivity index (χ2v) is 5.80. The minimum absolute atomic E-state index is 0. The number of likely N-dealkylation sites (tertiary alicyclic amines) is 1. The van der Waals surface area contributed by atoms with E-state index >= 15 is 0 Å². The van der Waals surface area contributed by atoms with Crippen LogP contribution in [0.25, 0.3) is 11.0 Å². The summed E-state index contributed by atoms with van der Waals surface area (Å²) in [5.74, 6) is 1.62. The van der Waals surface area contributed by atoms with E-state index in [2.05, 4.69) is 30.9 Å². The number of fused-ring (bicyclic) bond motifs is 1. The van der Waals surface area contributed by atoms with Crippen molar-refractivity contribution in [2.24, 2.45) is 11.7 Å². The van der Waals surface area contributed by atoms with Gasteiger partial charge in [0.25, 0.3) is 0 Å². The fourth-order valence-corrected chi connectivity index (χ4v) is 3.03. The number of nitrogens with zero attached hydrogens (tertiary/aromatic N) is 1. The molecule has 1 saturated heterocycles. The maximum absolute atomic E-state index is 6.09. The third-order valence-corrected chi connectivity index (χ3v) is 4.34. The third kappa shape index (κ3) is 2.85. The summed E-state index contributed by atoms with van der Waals surface area (Å²) in [6.45, 7) is 7.45. The number of rotatable bonds is 2.